The predicted octanol–water partition coefficient (Wildman–Crippen LogP) is 0.642. The highest BCUT2D eigenvalue weighted by Gasteiger charge is 2.16. The summed E-state index contributed by atoms with van der Waals surface area (Å²) < 4.78 is 2.16. The molecule has 1 aromatic carbocycles. The van der Waals surface area contributed by atoms with E-state index in [9.17, 15) is 14.9 Å². The molecule has 0 spiro atoms. The lowest BCUT2D eigenvalue weighted by Gasteiger charge is -2.10. The second-order valence-electron chi connectivity index (χ2n) is 4.90. The Hall–Kier alpha value is -3.47. The smallest absolute Gasteiger partial charge is 0.332 e. The van der Waals surface area contributed by atoms with E-state index in [1.54, 1.807) is 12.1 Å². The second-order valence-corrected chi connectivity index (χ2v) is 4.90. The van der Waals surface area contributed by atoms with Crippen LogP contribution in [0.15, 0.2) is 39.9 Å². The molecule has 8 heteroatoms. The molecule has 0 radical (unpaired) electrons. The topological polar surface area (TPSA) is 106 Å². The minimum atomic E-state index is -0.585. The Balaban J connectivity index is 2.30. The largest absolute Gasteiger partial charge is 0.338 e. The van der Waals surface area contributed by atoms with Crippen molar-refractivity contribution in [2.45, 2.75) is 0 Å². The predicted molar refractivity (Wildman–Crippen MR) is 84.5 cm³/mol. The summed E-state index contributed by atoms with van der Waals surface area (Å²) in [5.41, 5.74) is -0.297. The van der Waals surface area contributed by atoms with Crippen LogP contribution in [0.2, 0.25) is 0 Å². The molecule has 3 aromatic rings. The second kappa shape index (κ2) is 5.38. The van der Waals surface area contributed by atoms with E-state index in [0.29, 0.717) is 5.69 Å². The Kier molecular flexibility index (Phi) is 3.38. The number of aryl methyl sites for hydroxylation is 1. The molecule has 0 aliphatic carbocycles. The molecular formula is C15H12N6O2. The van der Waals surface area contributed by atoms with Crippen LogP contribution in [0.1, 0.15) is 5.69 Å². The van der Waals surface area contributed by atoms with E-state index in [4.69, 9.17) is 0 Å². The Morgan fingerprint density at radius 1 is 1.09 bits per heavy atom. The zero-order valence-electron chi connectivity index (χ0n) is 12.4. The maximum atomic E-state index is 12.2. The summed E-state index contributed by atoms with van der Waals surface area (Å²) in [5, 5.41) is 12.2. The maximum Gasteiger partial charge on any atom is 0.332 e. The van der Waals surface area contributed by atoms with Gasteiger partial charge in [-0.15, -0.1) is 0 Å². The van der Waals surface area contributed by atoms with Crippen LogP contribution in [0.25, 0.3) is 11.2 Å². The van der Waals surface area contributed by atoms with Crippen molar-refractivity contribution in [3.05, 3.63) is 56.9 Å². The molecule has 2 heterocycles. The molecule has 114 valence electrons. The molecule has 0 aliphatic rings. The number of benzene rings is 1. The first-order valence-electron chi connectivity index (χ1n) is 6.73. The molecule has 0 unspecified atom stereocenters. The third kappa shape index (κ3) is 2.34. The van der Waals surface area contributed by atoms with Crippen molar-refractivity contribution in [2.24, 2.45) is 14.1 Å². The van der Waals surface area contributed by atoms with Gasteiger partial charge >= 0.3 is 5.69 Å². The summed E-state index contributed by atoms with van der Waals surface area (Å²) in [6.45, 7) is 0. The normalized spacial score (nSPS) is 10.5. The molecule has 0 saturated heterocycles. The van der Waals surface area contributed by atoms with Gasteiger partial charge < -0.3 is 5.32 Å². The molecule has 3 rings (SSSR count). The van der Waals surface area contributed by atoms with Gasteiger partial charge in [0.25, 0.3) is 5.56 Å². The Morgan fingerprint density at radius 3 is 2.43 bits per heavy atom. The highest BCUT2D eigenvalue weighted by Crippen LogP contribution is 2.18. The molecule has 0 saturated carbocycles. The fraction of sp³-hybridized carbons (Fsp3) is 0.133. The minimum Gasteiger partial charge on any atom is -0.338 e. The van der Waals surface area contributed by atoms with E-state index in [-0.39, 0.29) is 22.7 Å². The molecule has 1 N–H and O–H groups in total. The fourth-order valence-corrected chi connectivity index (χ4v) is 2.19. The number of para-hydroxylation sites is 1. The molecule has 2 aromatic heterocycles. The van der Waals surface area contributed by atoms with Crippen molar-refractivity contribution in [3.8, 4) is 6.07 Å². The van der Waals surface area contributed by atoms with Crippen molar-refractivity contribution in [2.75, 3.05) is 5.32 Å². The van der Waals surface area contributed by atoms with Gasteiger partial charge in [-0.1, -0.05) is 18.2 Å². The lowest BCUT2D eigenvalue weighted by Crippen LogP contribution is -2.38. The number of hydrogen-bond donors (Lipinski definition) is 1. The summed E-state index contributed by atoms with van der Waals surface area (Å²) in [5.74, 6) is 0.189. The van der Waals surface area contributed by atoms with Crippen molar-refractivity contribution in [1.29, 1.82) is 5.26 Å². The molecule has 8 nitrogen and oxygen atoms in total. The molecule has 0 atom stereocenters. The van der Waals surface area contributed by atoms with Crippen molar-refractivity contribution in [1.82, 2.24) is 19.1 Å². The average Bonchev–Trinajstić information content (AvgIpc) is 2.58. The van der Waals surface area contributed by atoms with Crippen LogP contribution in [-0.4, -0.2) is 19.1 Å². The SMILES string of the molecule is Cn1c(=O)c2nc(C#N)c(Nc3ccccc3)nc2n(C)c1=O. The molecule has 23 heavy (non-hydrogen) atoms. The van der Waals surface area contributed by atoms with Gasteiger partial charge in [0.15, 0.2) is 22.7 Å². The fourth-order valence-electron chi connectivity index (χ4n) is 2.19. The van der Waals surface area contributed by atoms with Gasteiger partial charge in [0, 0.05) is 19.8 Å². The standard InChI is InChI=1S/C15H12N6O2/c1-20-13-11(14(22)21(2)15(20)23)18-10(8-16)12(19-13)17-9-6-4-3-5-7-9/h3-7H,1-2H3,(H,17,19). The molecule has 0 amide bonds. The maximum absolute atomic E-state index is 12.2. The average molecular weight is 308 g/mol. The number of aromatic nitrogens is 4. The zero-order chi connectivity index (χ0) is 16.6. The first kappa shape index (κ1) is 14.5. The van der Waals surface area contributed by atoms with Crippen LogP contribution in [0.4, 0.5) is 11.5 Å². The monoisotopic (exact) mass is 308 g/mol. The van der Waals surface area contributed by atoms with Gasteiger partial charge in [-0.25, -0.2) is 14.8 Å². The van der Waals surface area contributed by atoms with E-state index in [1.165, 1.54) is 18.7 Å². The lowest BCUT2D eigenvalue weighted by molar-refractivity contribution is 0.704. The first-order chi connectivity index (χ1) is 11.0. The molecule has 0 fully saturated rings. The highest BCUT2D eigenvalue weighted by molar-refractivity contribution is 5.74. The summed E-state index contributed by atoms with van der Waals surface area (Å²) in [6.07, 6.45) is 0. The van der Waals surface area contributed by atoms with E-state index >= 15 is 0 Å². The number of nitriles is 1. The van der Waals surface area contributed by atoms with E-state index in [2.05, 4.69) is 15.3 Å². The summed E-state index contributed by atoms with van der Waals surface area (Å²) >= 11 is 0. The first-order valence-corrected chi connectivity index (χ1v) is 6.73. The van der Waals surface area contributed by atoms with Crippen LogP contribution in [-0.2, 0) is 14.1 Å². The van der Waals surface area contributed by atoms with Gasteiger partial charge in [0.05, 0.1) is 0 Å². The van der Waals surface area contributed by atoms with Crippen LogP contribution in [0.5, 0.6) is 0 Å². The number of hydrogen-bond acceptors (Lipinski definition) is 6. The van der Waals surface area contributed by atoms with Crippen LogP contribution in [0.3, 0.4) is 0 Å². The van der Waals surface area contributed by atoms with Gasteiger partial charge in [0.2, 0.25) is 0 Å². The quantitative estimate of drug-likeness (QED) is 0.745. The molecular weight excluding hydrogens is 296 g/mol. The third-order valence-electron chi connectivity index (χ3n) is 3.42. The summed E-state index contributed by atoms with van der Waals surface area (Å²) in [4.78, 5) is 32.5. The van der Waals surface area contributed by atoms with Crippen LogP contribution in [0, 0.1) is 11.3 Å². The number of nitrogens with one attached hydrogen (secondary N) is 1. The van der Waals surface area contributed by atoms with Crippen LogP contribution >= 0.6 is 0 Å². The van der Waals surface area contributed by atoms with Crippen molar-refractivity contribution >= 4 is 22.7 Å². The van der Waals surface area contributed by atoms with Gasteiger partial charge in [-0.2, -0.15) is 5.26 Å². The number of fused-ring (bicyclic) bond motifs is 1. The molecule has 0 aliphatic heterocycles. The highest BCUT2D eigenvalue weighted by atomic mass is 16.2. The van der Waals surface area contributed by atoms with Gasteiger partial charge in [-0.3, -0.25) is 13.9 Å². The number of anilines is 2. The number of rotatable bonds is 2. The van der Waals surface area contributed by atoms with Gasteiger partial charge in [-0.05, 0) is 12.1 Å². The van der Waals surface area contributed by atoms with Crippen molar-refractivity contribution in [3.63, 3.8) is 0 Å². The van der Waals surface area contributed by atoms with Gasteiger partial charge in [0.1, 0.15) is 6.07 Å². The van der Waals surface area contributed by atoms with E-state index in [1.807, 2.05) is 24.3 Å². The third-order valence-corrected chi connectivity index (χ3v) is 3.42. The van der Waals surface area contributed by atoms with E-state index < -0.39 is 11.2 Å². The Morgan fingerprint density at radius 2 is 1.78 bits per heavy atom. The Bertz CT molecular complexity index is 1060. The lowest BCUT2D eigenvalue weighted by atomic mass is 10.3. The Labute approximate surface area is 130 Å². The van der Waals surface area contributed by atoms with E-state index in [0.717, 1.165) is 4.57 Å². The minimum absolute atomic E-state index is 0.0166. The zero-order valence-corrected chi connectivity index (χ0v) is 12.4. The summed E-state index contributed by atoms with van der Waals surface area (Å²) in [7, 11) is 2.85. The summed E-state index contributed by atoms with van der Waals surface area (Å²) in [6, 6.07) is 11.0. The molecule has 0 bridgehead atoms. The number of nitrogens with zero attached hydrogens (tertiary/aromatic N) is 5. The van der Waals surface area contributed by atoms with Crippen molar-refractivity contribution < 1.29 is 0 Å². The van der Waals surface area contributed by atoms with Crippen LogP contribution < -0.4 is 16.6 Å².